The van der Waals surface area contributed by atoms with Crippen molar-refractivity contribution in [1.82, 2.24) is 0 Å². The van der Waals surface area contributed by atoms with Crippen molar-refractivity contribution < 1.29 is 4.74 Å². The lowest BCUT2D eigenvalue weighted by Gasteiger charge is -2.19. The highest BCUT2D eigenvalue weighted by molar-refractivity contribution is 6.34. The molecule has 0 fully saturated rings. The SMILES string of the molecule is CC(C)(C)c1cccc(Oc2ccc(C(=N)N)c(Cl)c2)c1. The molecular formula is C17H19ClN2O. The molecule has 0 aliphatic heterocycles. The zero-order valence-electron chi connectivity index (χ0n) is 12.4. The van der Waals surface area contributed by atoms with E-state index in [0.717, 1.165) is 5.75 Å². The molecule has 4 heteroatoms. The molecule has 0 heterocycles. The second-order valence-electron chi connectivity index (χ2n) is 5.94. The molecular weight excluding hydrogens is 284 g/mol. The van der Waals surface area contributed by atoms with Gasteiger partial charge in [-0.2, -0.15) is 0 Å². The van der Waals surface area contributed by atoms with Crippen LogP contribution in [-0.4, -0.2) is 5.84 Å². The Morgan fingerprint density at radius 2 is 1.76 bits per heavy atom. The summed E-state index contributed by atoms with van der Waals surface area (Å²) in [5.41, 5.74) is 7.22. The van der Waals surface area contributed by atoms with E-state index in [2.05, 4.69) is 26.8 Å². The third-order valence-corrected chi connectivity index (χ3v) is 3.48. The van der Waals surface area contributed by atoms with Gasteiger partial charge in [0.25, 0.3) is 0 Å². The Hall–Kier alpha value is -2.00. The van der Waals surface area contributed by atoms with Gasteiger partial charge in [-0.05, 0) is 35.2 Å². The normalized spacial score (nSPS) is 11.2. The number of nitrogens with two attached hydrogens (primary N) is 1. The van der Waals surface area contributed by atoms with Gasteiger partial charge >= 0.3 is 0 Å². The average Bonchev–Trinajstić information content (AvgIpc) is 2.37. The van der Waals surface area contributed by atoms with E-state index in [4.69, 9.17) is 27.5 Å². The largest absolute Gasteiger partial charge is 0.457 e. The van der Waals surface area contributed by atoms with Crippen molar-refractivity contribution in [3.63, 3.8) is 0 Å². The molecule has 0 bridgehead atoms. The number of nitrogens with one attached hydrogen (secondary N) is 1. The monoisotopic (exact) mass is 302 g/mol. The Morgan fingerprint density at radius 3 is 2.33 bits per heavy atom. The minimum atomic E-state index is -0.0544. The highest BCUT2D eigenvalue weighted by Crippen LogP contribution is 2.30. The van der Waals surface area contributed by atoms with Crippen LogP contribution < -0.4 is 10.5 Å². The topological polar surface area (TPSA) is 59.1 Å². The van der Waals surface area contributed by atoms with Gasteiger partial charge in [-0.15, -0.1) is 0 Å². The maximum atomic E-state index is 7.42. The molecule has 0 saturated carbocycles. The van der Waals surface area contributed by atoms with Crippen molar-refractivity contribution in [2.45, 2.75) is 26.2 Å². The summed E-state index contributed by atoms with van der Waals surface area (Å²) in [7, 11) is 0. The summed E-state index contributed by atoms with van der Waals surface area (Å²) >= 11 is 6.09. The standard InChI is InChI=1S/C17H19ClN2O/c1-17(2,3)11-5-4-6-12(9-11)21-13-7-8-14(16(19)20)15(18)10-13/h4-10H,1-3H3,(H3,19,20). The van der Waals surface area contributed by atoms with Crippen LogP contribution in [0.1, 0.15) is 31.9 Å². The average molecular weight is 303 g/mol. The third kappa shape index (κ3) is 3.76. The highest BCUT2D eigenvalue weighted by Gasteiger charge is 2.14. The molecule has 0 amide bonds. The van der Waals surface area contributed by atoms with Gasteiger partial charge in [0.15, 0.2) is 0 Å². The van der Waals surface area contributed by atoms with Crippen molar-refractivity contribution in [3.05, 3.63) is 58.6 Å². The lowest BCUT2D eigenvalue weighted by molar-refractivity contribution is 0.478. The molecule has 2 aromatic rings. The molecule has 0 unspecified atom stereocenters. The molecule has 110 valence electrons. The van der Waals surface area contributed by atoms with E-state index in [1.807, 2.05) is 18.2 Å². The smallest absolute Gasteiger partial charge is 0.128 e. The summed E-state index contributed by atoms with van der Waals surface area (Å²) in [6.45, 7) is 6.47. The summed E-state index contributed by atoms with van der Waals surface area (Å²) in [6.07, 6.45) is 0. The zero-order valence-corrected chi connectivity index (χ0v) is 13.2. The van der Waals surface area contributed by atoms with Crippen LogP contribution in [0, 0.1) is 5.41 Å². The predicted molar refractivity (Wildman–Crippen MR) is 87.7 cm³/mol. The molecule has 2 aromatic carbocycles. The van der Waals surface area contributed by atoms with Gasteiger partial charge in [0.1, 0.15) is 17.3 Å². The first-order valence-corrected chi connectivity index (χ1v) is 7.07. The Bertz CT molecular complexity index is 675. The molecule has 2 rings (SSSR count). The molecule has 21 heavy (non-hydrogen) atoms. The van der Waals surface area contributed by atoms with Gasteiger partial charge in [-0.25, -0.2) is 0 Å². The molecule has 0 aliphatic carbocycles. The Morgan fingerprint density at radius 1 is 1.10 bits per heavy atom. The van der Waals surface area contributed by atoms with E-state index in [9.17, 15) is 0 Å². The van der Waals surface area contributed by atoms with Gasteiger partial charge < -0.3 is 10.5 Å². The Balaban J connectivity index is 2.27. The lowest BCUT2D eigenvalue weighted by atomic mass is 9.87. The summed E-state index contributed by atoms with van der Waals surface area (Å²) in [5.74, 6) is 1.33. The second-order valence-corrected chi connectivity index (χ2v) is 6.34. The summed E-state index contributed by atoms with van der Waals surface area (Å²) in [6, 6.07) is 13.1. The number of hydrogen-bond acceptors (Lipinski definition) is 2. The van der Waals surface area contributed by atoms with Crippen LogP contribution in [0.3, 0.4) is 0 Å². The number of hydrogen-bond donors (Lipinski definition) is 2. The molecule has 0 aromatic heterocycles. The first-order valence-electron chi connectivity index (χ1n) is 6.70. The molecule has 0 aliphatic rings. The van der Waals surface area contributed by atoms with Gasteiger partial charge in [0, 0.05) is 11.6 Å². The molecule has 0 radical (unpaired) electrons. The van der Waals surface area contributed by atoms with Gasteiger partial charge in [0.2, 0.25) is 0 Å². The Labute approximate surface area is 130 Å². The number of benzene rings is 2. The summed E-state index contributed by atoms with van der Waals surface area (Å²) < 4.78 is 5.83. The maximum absolute atomic E-state index is 7.42. The molecule has 0 atom stereocenters. The molecule has 3 nitrogen and oxygen atoms in total. The van der Waals surface area contributed by atoms with E-state index in [1.165, 1.54) is 5.56 Å². The van der Waals surface area contributed by atoms with Crippen LogP contribution in [0.25, 0.3) is 0 Å². The van der Waals surface area contributed by atoms with Gasteiger partial charge in [0.05, 0.1) is 5.02 Å². The van der Waals surface area contributed by atoms with Crippen LogP contribution in [0.15, 0.2) is 42.5 Å². The number of rotatable bonds is 3. The minimum Gasteiger partial charge on any atom is -0.457 e. The van der Waals surface area contributed by atoms with Crippen LogP contribution in [0.5, 0.6) is 11.5 Å². The molecule has 0 saturated heterocycles. The first-order chi connectivity index (χ1) is 9.77. The molecule has 3 N–H and O–H groups in total. The minimum absolute atomic E-state index is 0.0544. The summed E-state index contributed by atoms with van der Waals surface area (Å²) in [4.78, 5) is 0. The fourth-order valence-corrected chi connectivity index (χ4v) is 2.21. The van der Waals surface area contributed by atoms with Crippen molar-refractivity contribution in [2.75, 3.05) is 0 Å². The van der Waals surface area contributed by atoms with Crippen molar-refractivity contribution in [3.8, 4) is 11.5 Å². The van der Waals surface area contributed by atoms with Crippen molar-refractivity contribution in [2.24, 2.45) is 5.73 Å². The van der Waals surface area contributed by atoms with Crippen LogP contribution in [0.4, 0.5) is 0 Å². The predicted octanol–water partition coefficient (Wildman–Crippen LogP) is 4.71. The number of ether oxygens (including phenoxy) is 1. The number of halogens is 1. The summed E-state index contributed by atoms with van der Waals surface area (Å²) in [5, 5.41) is 7.83. The van der Waals surface area contributed by atoms with E-state index in [1.54, 1.807) is 18.2 Å². The van der Waals surface area contributed by atoms with E-state index >= 15 is 0 Å². The van der Waals surface area contributed by atoms with E-state index < -0.39 is 0 Å². The fourth-order valence-electron chi connectivity index (χ4n) is 1.94. The second kappa shape index (κ2) is 5.78. The number of nitrogen functional groups attached to an aromatic ring is 1. The first kappa shape index (κ1) is 15.4. The van der Waals surface area contributed by atoms with Crippen LogP contribution >= 0.6 is 11.6 Å². The van der Waals surface area contributed by atoms with Gasteiger partial charge in [-0.1, -0.05) is 44.5 Å². The van der Waals surface area contributed by atoms with Crippen molar-refractivity contribution >= 4 is 17.4 Å². The zero-order chi connectivity index (χ0) is 15.6. The highest BCUT2D eigenvalue weighted by atomic mass is 35.5. The van der Waals surface area contributed by atoms with E-state index in [-0.39, 0.29) is 11.3 Å². The maximum Gasteiger partial charge on any atom is 0.128 e. The quantitative estimate of drug-likeness (QED) is 0.637. The fraction of sp³-hybridized carbons (Fsp3) is 0.235. The molecule has 0 spiro atoms. The lowest BCUT2D eigenvalue weighted by Crippen LogP contribution is -2.11. The Kier molecular flexibility index (Phi) is 4.24. The van der Waals surface area contributed by atoms with E-state index in [0.29, 0.717) is 16.3 Å². The third-order valence-electron chi connectivity index (χ3n) is 3.17. The number of amidine groups is 1. The van der Waals surface area contributed by atoms with Crippen molar-refractivity contribution in [1.29, 1.82) is 5.41 Å². The van der Waals surface area contributed by atoms with Crippen LogP contribution in [-0.2, 0) is 5.41 Å². The van der Waals surface area contributed by atoms with Crippen LogP contribution in [0.2, 0.25) is 5.02 Å². The van der Waals surface area contributed by atoms with Gasteiger partial charge in [-0.3, -0.25) is 5.41 Å².